The van der Waals surface area contributed by atoms with E-state index in [1.807, 2.05) is 6.92 Å². The number of nitrogens with one attached hydrogen (secondary N) is 3. The number of carbonyl (C=O) groups excluding carboxylic acids is 4. The lowest BCUT2D eigenvalue weighted by Gasteiger charge is -2.16. The van der Waals surface area contributed by atoms with Gasteiger partial charge in [-0.05, 0) is 58.9 Å². The number of carbonyl (C=O) groups is 4. The van der Waals surface area contributed by atoms with Crippen LogP contribution in [0, 0.1) is 24.3 Å². The van der Waals surface area contributed by atoms with E-state index in [0.29, 0.717) is 32.4 Å². The summed E-state index contributed by atoms with van der Waals surface area (Å²) in [5, 5.41) is 8.06. The van der Waals surface area contributed by atoms with Crippen molar-refractivity contribution in [2.75, 3.05) is 39.9 Å². The topological polar surface area (TPSA) is 149 Å². The van der Waals surface area contributed by atoms with Crippen molar-refractivity contribution in [1.29, 1.82) is 0 Å². The average Bonchev–Trinajstić information content (AvgIpc) is 3.13. The zero-order valence-electron chi connectivity index (χ0n) is 33.9. The minimum Gasteiger partial charge on any atom is -0.465 e. The molecule has 0 saturated carbocycles. The molecule has 0 fully saturated rings. The molecule has 0 bridgehead atoms. The zero-order chi connectivity index (χ0) is 38.8. The van der Waals surface area contributed by atoms with Crippen LogP contribution in [0.5, 0.6) is 0 Å². The highest BCUT2D eigenvalue weighted by Crippen LogP contribution is 2.21. The monoisotopic (exact) mass is 725 g/mol. The van der Waals surface area contributed by atoms with Gasteiger partial charge in [-0.25, -0.2) is 0 Å². The summed E-state index contributed by atoms with van der Waals surface area (Å²) in [6, 6.07) is 2.27. The van der Waals surface area contributed by atoms with Crippen LogP contribution in [-0.2, 0) is 28.7 Å². The third-order valence-corrected chi connectivity index (χ3v) is 8.43. The third kappa shape index (κ3) is 38.3. The Kier molecular flexibility index (Phi) is 44.7. The summed E-state index contributed by atoms with van der Waals surface area (Å²) in [5.41, 5.74) is 4.50. The summed E-state index contributed by atoms with van der Waals surface area (Å²) in [4.78, 5) is 49.3. The van der Waals surface area contributed by atoms with E-state index in [2.05, 4.69) is 55.4 Å². The molecule has 0 aromatic rings. The normalized spacial score (nSPS) is 11.3. The molecule has 51 heavy (non-hydrogen) atoms. The van der Waals surface area contributed by atoms with E-state index >= 15 is 0 Å². The fraction of sp³-hybridized carbons (Fsp3) is 0.854. The highest BCUT2D eigenvalue weighted by Gasteiger charge is 2.20. The molecule has 0 aromatic heterocycles. The smallest absolute Gasteiger partial charge is 0.308 e. The Morgan fingerprint density at radius 3 is 1.55 bits per heavy atom. The van der Waals surface area contributed by atoms with Crippen LogP contribution < -0.4 is 21.7 Å². The number of esters is 2. The van der Waals surface area contributed by atoms with Gasteiger partial charge < -0.3 is 31.2 Å². The Balaban J connectivity index is -0.00000300. The standard InChI is InChI=1S/C36H68N2O6.C4H7N.CH5N/c1-5-9-12-14-15-18-25-32(24-17-13-10-6-2)36(42)43-28-20-19-27-37-34(40)30-38-33(39)26-21-29-44-35(41)31(22-8-4)23-16-11-7-3;1-3-5-4-2;1-2/h31-32H,5-30H2,1-4H3,(H,37,40)(H,38,39);1,5H,4H2,2H3;2H2,1H3. The molecular formula is C41H80N4O6. The number of nitrogens with two attached hydrogens (primary N) is 1. The number of hydrogen-bond acceptors (Lipinski definition) is 8. The SMILES string of the molecule is C#CNCC.CCCCCCCCC(CCCCCC)C(=O)OCCCCNC(=O)CNC(=O)CCCOC(=O)C(CCC)CCCCC.CN. The van der Waals surface area contributed by atoms with Crippen LogP contribution in [0.15, 0.2) is 0 Å². The Morgan fingerprint density at radius 1 is 0.569 bits per heavy atom. The van der Waals surface area contributed by atoms with E-state index in [-0.39, 0.29) is 55.2 Å². The summed E-state index contributed by atoms with van der Waals surface area (Å²) in [6.45, 7) is 12.4. The molecule has 0 aromatic carbocycles. The maximum atomic E-state index is 12.7. The van der Waals surface area contributed by atoms with Crippen molar-refractivity contribution in [2.24, 2.45) is 17.6 Å². The highest BCUT2D eigenvalue weighted by molar-refractivity contribution is 5.84. The highest BCUT2D eigenvalue weighted by atomic mass is 16.5. The molecule has 0 heterocycles. The maximum Gasteiger partial charge on any atom is 0.308 e. The van der Waals surface area contributed by atoms with Crippen LogP contribution in [0.1, 0.15) is 176 Å². The van der Waals surface area contributed by atoms with Gasteiger partial charge in [-0.15, -0.1) is 0 Å². The van der Waals surface area contributed by atoms with Gasteiger partial charge in [0.1, 0.15) is 0 Å². The van der Waals surface area contributed by atoms with Crippen LogP contribution in [0.25, 0.3) is 0 Å². The van der Waals surface area contributed by atoms with Crippen LogP contribution >= 0.6 is 0 Å². The first-order chi connectivity index (χ1) is 24.8. The van der Waals surface area contributed by atoms with Gasteiger partial charge in [0.25, 0.3) is 0 Å². The van der Waals surface area contributed by atoms with E-state index < -0.39 is 0 Å². The zero-order valence-corrected chi connectivity index (χ0v) is 33.9. The quantitative estimate of drug-likeness (QED) is 0.0236. The van der Waals surface area contributed by atoms with E-state index in [0.717, 1.165) is 70.8 Å². The average molecular weight is 725 g/mol. The molecule has 0 spiro atoms. The first-order valence-electron chi connectivity index (χ1n) is 20.4. The molecule has 10 heteroatoms. The van der Waals surface area contributed by atoms with E-state index in [1.165, 1.54) is 58.4 Å². The minimum atomic E-state index is -0.248. The Labute approximate surface area is 313 Å². The van der Waals surface area contributed by atoms with Crippen molar-refractivity contribution in [3.8, 4) is 12.5 Å². The predicted molar refractivity (Wildman–Crippen MR) is 212 cm³/mol. The molecule has 0 aliphatic rings. The fourth-order valence-corrected chi connectivity index (χ4v) is 5.44. The van der Waals surface area contributed by atoms with Crippen molar-refractivity contribution in [3.63, 3.8) is 0 Å². The molecule has 10 nitrogen and oxygen atoms in total. The van der Waals surface area contributed by atoms with E-state index in [9.17, 15) is 19.2 Å². The number of hydrogen-bond donors (Lipinski definition) is 4. The van der Waals surface area contributed by atoms with E-state index in [4.69, 9.17) is 15.9 Å². The van der Waals surface area contributed by atoms with Gasteiger partial charge in [0.15, 0.2) is 0 Å². The Hall–Kier alpha value is -2.80. The summed E-state index contributed by atoms with van der Waals surface area (Å²) in [5.74, 6) is -0.758. The van der Waals surface area contributed by atoms with Gasteiger partial charge in [-0.1, -0.05) is 124 Å². The molecule has 0 rings (SSSR count). The van der Waals surface area contributed by atoms with Crippen molar-refractivity contribution in [3.05, 3.63) is 0 Å². The lowest BCUT2D eigenvalue weighted by molar-refractivity contribution is -0.150. The van der Waals surface area contributed by atoms with E-state index in [1.54, 1.807) is 0 Å². The van der Waals surface area contributed by atoms with Crippen molar-refractivity contribution in [2.45, 2.75) is 176 Å². The number of unbranched alkanes of at least 4 members (excludes halogenated alkanes) is 11. The summed E-state index contributed by atoms with van der Waals surface area (Å²) < 4.78 is 11.0. The molecule has 0 saturated heterocycles. The molecule has 300 valence electrons. The van der Waals surface area contributed by atoms with Gasteiger partial charge >= 0.3 is 11.9 Å². The third-order valence-electron chi connectivity index (χ3n) is 8.43. The van der Waals surface area contributed by atoms with Crippen LogP contribution in [-0.4, -0.2) is 63.6 Å². The molecule has 2 unspecified atom stereocenters. The molecule has 0 aliphatic carbocycles. The molecule has 2 amide bonds. The molecular weight excluding hydrogens is 644 g/mol. The first-order valence-corrected chi connectivity index (χ1v) is 20.4. The Bertz CT molecular complexity index is 849. The van der Waals surface area contributed by atoms with Gasteiger partial charge in [0, 0.05) is 25.6 Å². The second-order valence-electron chi connectivity index (χ2n) is 13.0. The number of rotatable bonds is 32. The van der Waals surface area contributed by atoms with Crippen LogP contribution in [0.3, 0.4) is 0 Å². The van der Waals surface area contributed by atoms with Crippen molar-refractivity contribution in [1.82, 2.24) is 16.0 Å². The minimum absolute atomic E-state index is 0.00178. The molecule has 0 aliphatic heterocycles. The number of ether oxygens (including phenoxy) is 2. The molecule has 2 atom stereocenters. The van der Waals surface area contributed by atoms with Crippen LogP contribution in [0.4, 0.5) is 0 Å². The summed E-state index contributed by atoms with van der Waals surface area (Å²) in [7, 11) is 1.50. The number of amides is 2. The largest absolute Gasteiger partial charge is 0.465 e. The second kappa shape index (κ2) is 43.4. The van der Waals surface area contributed by atoms with Gasteiger partial charge in [-0.3, -0.25) is 19.2 Å². The lowest BCUT2D eigenvalue weighted by Crippen LogP contribution is -2.37. The predicted octanol–water partition coefficient (Wildman–Crippen LogP) is 7.96. The van der Waals surface area contributed by atoms with Gasteiger partial charge in [-0.2, -0.15) is 0 Å². The molecule has 0 radical (unpaired) electrons. The fourth-order valence-electron chi connectivity index (χ4n) is 5.44. The maximum absolute atomic E-state index is 12.7. The van der Waals surface area contributed by atoms with Gasteiger partial charge in [0.05, 0.1) is 31.6 Å². The van der Waals surface area contributed by atoms with Gasteiger partial charge in [0.2, 0.25) is 11.8 Å². The molecule has 5 N–H and O–H groups in total. The van der Waals surface area contributed by atoms with Crippen molar-refractivity contribution >= 4 is 23.8 Å². The summed E-state index contributed by atoms with van der Waals surface area (Å²) in [6.07, 6.45) is 26.6. The first kappa shape index (κ1) is 52.6. The second-order valence-corrected chi connectivity index (χ2v) is 13.0. The van der Waals surface area contributed by atoms with Crippen LogP contribution in [0.2, 0.25) is 0 Å². The van der Waals surface area contributed by atoms with Crippen molar-refractivity contribution < 1.29 is 28.7 Å². The number of terminal acetylenes is 1. The Morgan fingerprint density at radius 2 is 1.04 bits per heavy atom. The summed E-state index contributed by atoms with van der Waals surface area (Å²) >= 11 is 0. The lowest BCUT2D eigenvalue weighted by atomic mass is 9.94.